The molecule has 1 heterocycles. The summed E-state index contributed by atoms with van der Waals surface area (Å²) in [6.45, 7) is 2.14. The molecule has 0 bridgehead atoms. The third-order valence-corrected chi connectivity index (χ3v) is 3.57. The monoisotopic (exact) mass is 342 g/mol. The summed E-state index contributed by atoms with van der Waals surface area (Å²) < 4.78 is 5.55. The molecule has 0 aromatic carbocycles. The molecule has 3 heteroatoms. The fraction of sp³-hybridized carbons (Fsp3) is 0.409. The molecule has 1 aliphatic heterocycles. The van der Waals surface area contributed by atoms with E-state index in [1.807, 2.05) is 36.5 Å². The minimum absolute atomic E-state index is 0.202. The first-order valence-corrected chi connectivity index (χ1v) is 9.06. The van der Waals surface area contributed by atoms with E-state index in [0.717, 1.165) is 25.7 Å². The van der Waals surface area contributed by atoms with Gasteiger partial charge in [0.2, 0.25) is 0 Å². The van der Waals surface area contributed by atoms with E-state index in [-0.39, 0.29) is 12.5 Å². The Morgan fingerprint density at radius 1 is 0.920 bits per heavy atom. The summed E-state index contributed by atoms with van der Waals surface area (Å²) in [4.78, 5) is 10.3. The average molecular weight is 342 g/mol. The van der Waals surface area contributed by atoms with E-state index in [4.69, 9.17) is 9.84 Å². The molecular formula is C22H30O3. The van der Waals surface area contributed by atoms with Crippen LogP contribution >= 0.6 is 0 Å². The molecule has 1 fully saturated rings. The van der Waals surface area contributed by atoms with Crippen LogP contribution in [0.25, 0.3) is 0 Å². The van der Waals surface area contributed by atoms with Crippen molar-refractivity contribution in [2.75, 3.05) is 0 Å². The van der Waals surface area contributed by atoms with E-state index in [9.17, 15) is 4.79 Å². The highest BCUT2D eigenvalue weighted by atomic mass is 16.6. The molecule has 0 aromatic heterocycles. The van der Waals surface area contributed by atoms with Gasteiger partial charge in [-0.1, -0.05) is 79.8 Å². The summed E-state index contributed by atoms with van der Waals surface area (Å²) in [5.41, 5.74) is 0. The molecule has 3 nitrogen and oxygen atoms in total. The van der Waals surface area contributed by atoms with Crippen molar-refractivity contribution in [2.24, 2.45) is 0 Å². The van der Waals surface area contributed by atoms with Crippen LogP contribution in [0.1, 0.15) is 45.4 Å². The fourth-order valence-corrected chi connectivity index (χ4v) is 2.14. The van der Waals surface area contributed by atoms with Gasteiger partial charge in [-0.05, 0) is 32.1 Å². The highest BCUT2D eigenvalue weighted by Crippen LogP contribution is 2.26. The van der Waals surface area contributed by atoms with E-state index in [2.05, 4.69) is 43.4 Å². The van der Waals surface area contributed by atoms with Crippen LogP contribution in [0.5, 0.6) is 0 Å². The van der Waals surface area contributed by atoms with E-state index >= 15 is 0 Å². The lowest BCUT2D eigenvalue weighted by Gasteiger charge is -1.86. The van der Waals surface area contributed by atoms with Crippen molar-refractivity contribution >= 4 is 5.97 Å². The second-order valence-electron chi connectivity index (χ2n) is 5.80. The van der Waals surface area contributed by atoms with E-state index in [0.29, 0.717) is 12.5 Å². The van der Waals surface area contributed by atoms with Crippen LogP contribution in [0.15, 0.2) is 72.9 Å². The van der Waals surface area contributed by atoms with Crippen molar-refractivity contribution in [1.82, 2.24) is 0 Å². The summed E-state index contributed by atoms with van der Waals surface area (Å²) in [7, 11) is 0. The van der Waals surface area contributed by atoms with Gasteiger partial charge in [0.05, 0.1) is 6.10 Å². The lowest BCUT2D eigenvalue weighted by Crippen LogP contribution is -1.91. The summed E-state index contributed by atoms with van der Waals surface area (Å²) in [5, 5.41) is 8.50. The van der Waals surface area contributed by atoms with Crippen LogP contribution in [0.2, 0.25) is 0 Å². The number of rotatable bonds is 13. The molecule has 0 saturated carbocycles. The first kappa shape index (κ1) is 20.9. The van der Waals surface area contributed by atoms with Crippen molar-refractivity contribution in [3.05, 3.63) is 72.9 Å². The van der Waals surface area contributed by atoms with Gasteiger partial charge in [0.25, 0.3) is 0 Å². The van der Waals surface area contributed by atoms with Crippen molar-refractivity contribution in [1.29, 1.82) is 0 Å². The normalized spacial score (nSPS) is 21.2. The Balaban J connectivity index is 2.01. The van der Waals surface area contributed by atoms with Gasteiger partial charge < -0.3 is 9.84 Å². The number of hydrogen-bond donors (Lipinski definition) is 1. The van der Waals surface area contributed by atoms with Crippen molar-refractivity contribution in [3.8, 4) is 0 Å². The second-order valence-corrected chi connectivity index (χ2v) is 5.80. The zero-order valence-electron chi connectivity index (χ0n) is 15.1. The second kappa shape index (κ2) is 14.2. The fourth-order valence-electron chi connectivity index (χ4n) is 2.14. The predicted molar refractivity (Wildman–Crippen MR) is 105 cm³/mol. The van der Waals surface area contributed by atoms with Gasteiger partial charge in [-0.15, -0.1) is 0 Å². The molecule has 0 radical (unpaired) electrons. The topological polar surface area (TPSA) is 49.8 Å². The molecule has 2 atom stereocenters. The first-order chi connectivity index (χ1) is 12.2. The molecule has 1 N–H and O–H groups in total. The summed E-state index contributed by atoms with van der Waals surface area (Å²) >= 11 is 0. The van der Waals surface area contributed by atoms with Gasteiger partial charge in [0.1, 0.15) is 6.10 Å². The number of allylic oxidation sites excluding steroid dienone is 10. The smallest absolute Gasteiger partial charge is 0.303 e. The molecule has 0 spiro atoms. The van der Waals surface area contributed by atoms with E-state index in [1.54, 1.807) is 0 Å². The van der Waals surface area contributed by atoms with E-state index < -0.39 is 5.97 Å². The summed E-state index contributed by atoms with van der Waals surface area (Å²) in [5.74, 6) is -0.748. The Hall–Kier alpha value is -2.13. The van der Waals surface area contributed by atoms with Crippen LogP contribution in [0.3, 0.4) is 0 Å². The Bertz CT molecular complexity index is 535. The Morgan fingerprint density at radius 3 is 2.40 bits per heavy atom. The quantitative estimate of drug-likeness (QED) is 0.272. The number of epoxide rings is 1. The van der Waals surface area contributed by atoms with Gasteiger partial charge in [-0.25, -0.2) is 0 Å². The largest absolute Gasteiger partial charge is 0.481 e. The Kier molecular flexibility index (Phi) is 11.9. The molecule has 0 amide bonds. The Morgan fingerprint density at radius 2 is 1.64 bits per heavy atom. The molecule has 1 rings (SSSR count). The SMILES string of the molecule is CCC=CCC1O[C@H]1C=CC=CC=CCC=CCC=CCCC(=O)O. The summed E-state index contributed by atoms with van der Waals surface area (Å²) in [6, 6.07) is 0. The number of carboxylic acids is 1. The number of ether oxygens (including phenoxy) is 1. The number of carboxylic acid groups (broad SMARTS) is 1. The van der Waals surface area contributed by atoms with Gasteiger partial charge in [0, 0.05) is 6.42 Å². The summed E-state index contributed by atoms with van der Waals surface area (Å²) in [6.07, 6.45) is 30.1. The van der Waals surface area contributed by atoms with Gasteiger partial charge in [-0.2, -0.15) is 0 Å². The maximum absolute atomic E-state index is 10.3. The standard InChI is InChI=1S/C22H30O3/c1-2-3-14-17-20-21(25-20)18-15-12-10-8-6-4-5-7-9-11-13-16-19-22(23)24/h3,5-8,10-15,18,20-21H,2,4,9,16-17,19H2,1H3,(H,23,24)/t20?,21-/m0/s1. The molecule has 1 saturated heterocycles. The Labute approximate surface area is 151 Å². The minimum atomic E-state index is -0.748. The minimum Gasteiger partial charge on any atom is -0.481 e. The van der Waals surface area contributed by atoms with Crippen LogP contribution in [0, 0.1) is 0 Å². The lowest BCUT2D eigenvalue weighted by molar-refractivity contribution is -0.136. The maximum Gasteiger partial charge on any atom is 0.303 e. The zero-order valence-corrected chi connectivity index (χ0v) is 15.1. The molecule has 136 valence electrons. The van der Waals surface area contributed by atoms with Gasteiger partial charge >= 0.3 is 5.97 Å². The molecule has 25 heavy (non-hydrogen) atoms. The molecular weight excluding hydrogens is 312 g/mol. The molecule has 1 aliphatic rings. The van der Waals surface area contributed by atoms with E-state index in [1.165, 1.54) is 0 Å². The predicted octanol–water partition coefficient (Wildman–Crippen LogP) is 5.54. The maximum atomic E-state index is 10.3. The highest BCUT2D eigenvalue weighted by molar-refractivity contribution is 5.66. The highest BCUT2D eigenvalue weighted by Gasteiger charge is 2.34. The third kappa shape index (κ3) is 12.9. The van der Waals surface area contributed by atoms with Crippen LogP contribution in [-0.4, -0.2) is 23.3 Å². The van der Waals surface area contributed by atoms with Crippen LogP contribution < -0.4 is 0 Å². The zero-order chi connectivity index (χ0) is 18.2. The lowest BCUT2D eigenvalue weighted by atomic mass is 10.2. The number of carbonyl (C=O) groups is 1. The average Bonchev–Trinajstić information content (AvgIpc) is 3.33. The first-order valence-electron chi connectivity index (χ1n) is 9.06. The van der Waals surface area contributed by atoms with Crippen LogP contribution in [0.4, 0.5) is 0 Å². The molecule has 1 unspecified atom stereocenters. The third-order valence-electron chi connectivity index (χ3n) is 3.57. The van der Waals surface area contributed by atoms with Gasteiger partial charge in [-0.3, -0.25) is 4.79 Å². The van der Waals surface area contributed by atoms with Crippen molar-refractivity contribution < 1.29 is 14.6 Å². The van der Waals surface area contributed by atoms with Crippen LogP contribution in [-0.2, 0) is 9.53 Å². The van der Waals surface area contributed by atoms with Crippen molar-refractivity contribution in [2.45, 2.75) is 57.7 Å². The van der Waals surface area contributed by atoms with Crippen molar-refractivity contribution in [3.63, 3.8) is 0 Å². The molecule has 0 aromatic rings. The number of aliphatic carboxylic acids is 1. The van der Waals surface area contributed by atoms with Gasteiger partial charge in [0.15, 0.2) is 0 Å². The number of hydrogen-bond acceptors (Lipinski definition) is 2. The molecule has 0 aliphatic carbocycles.